The number of nitrogens with zero attached hydrogens (tertiary/aromatic N) is 1. The van der Waals surface area contributed by atoms with E-state index in [2.05, 4.69) is 10.6 Å². The molecule has 0 aromatic heterocycles. The second-order valence-electron chi connectivity index (χ2n) is 4.96. The molecule has 1 amide bonds. The van der Waals surface area contributed by atoms with Crippen molar-refractivity contribution in [1.82, 2.24) is 5.32 Å². The number of benzene rings is 2. The number of thiocarbonyl (C=S) groups is 1. The molecule has 130 valence electrons. The number of nitrogens with one attached hydrogen (secondary N) is 2. The minimum Gasteiger partial charge on any atom is -0.490 e. The van der Waals surface area contributed by atoms with E-state index in [9.17, 15) is 14.9 Å². The summed E-state index contributed by atoms with van der Waals surface area (Å²) < 4.78 is 4.90. The Labute approximate surface area is 154 Å². The number of carbonyl (C=O) groups excluding carboxylic acids is 1. The first-order chi connectivity index (χ1) is 11.8. The molecular weight excluding hydrogens is 366 g/mol. The molecule has 2 rings (SSSR count). The first-order valence-electron chi connectivity index (χ1n) is 7.03. The van der Waals surface area contributed by atoms with Crippen LogP contribution in [0.5, 0.6) is 5.75 Å². The van der Waals surface area contributed by atoms with Gasteiger partial charge in [0.25, 0.3) is 5.91 Å². The van der Waals surface area contributed by atoms with Crippen molar-refractivity contribution in [1.29, 1.82) is 0 Å². The van der Waals surface area contributed by atoms with Gasteiger partial charge in [-0.15, -0.1) is 0 Å². The zero-order valence-electron chi connectivity index (χ0n) is 13.3. The molecule has 0 fully saturated rings. The molecule has 25 heavy (non-hydrogen) atoms. The lowest BCUT2D eigenvalue weighted by atomic mass is 10.1. The standard InChI is InChI=1S/C16H14ClN3O4S/c1-9-11(17)4-3-5-12(9)18-16(25)19-15(21)10-6-7-14(24-2)13(8-10)20(22)23/h3-8H,1-2H3,(H2,18,19,21,25). The third-order valence-corrected chi connectivity index (χ3v) is 3.99. The summed E-state index contributed by atoms with van der Waals surface area (Å²) in [5.74, 6) is -0.514. The van der Waals surface area contributed by atoms with Gasteiger partial charge in [0.05, 0.1) is 12.0 Å². The van der Waals surface area contributed by atoms with Gasteiger partial charge in [0.2, 0.25) is 0 Å². The molecule has 2 aromatic carbocycles. The van der Waals surface area contributed by atoms with E-state index in [1.54, 1.807) is 18.2 Å². The van der Waals surface area contributed by atoms with Crippen LogP contribution in [0.2, 0.25) is 5.02 Å². The lowest BCUT2D eigenvalue weighted by molar-refractivity contribution is -0.385. The summed E-state index contributed by atoms with van der Waals surface area (Å²) in [5, 5.41) is 17.0. The number of carbonyl (C=O) groups is 1. The van der Waals surface area contributed by atoms with Crippen LogP contribution in [0.15, 0.2) is 36.4 Å². The van der Waals surface area contributed by atoms with Crippen molar-refractivity contribution in [2.45, 2.75) is 6.92 Å². The van der Waals surface area contributed by atoms with E-state index in [1.165, 1.54) is 19.2 Å². The number of nitro benzene ring substituents is 1. The Morgan fingerprint density at radius 1 is 1.32 bits per heavy atom. The Hall–Kier alpha value is -2.71. The molecule has 2 aromatic rings. The van der Waals surface area contributed by atoms with Crippen LogP contribution in [0.1, 0.15) is 15.9 Å². The molecule has 0 unspecified atom stereocenters. The molecule has 0 atom stereocenters. The Balaban J connectivity index is 2.14. The highest BCUT2D eigenvalue weighted by molar-refractivity contribution is 7.80. The highest BCUT2D eigenvalue weighted by Gasteiger charge is 2.18. The fourth-order valence-electron chi connectivity index (χ4n) is 2.05. The molecular formula is C16H14ClN3O4S. The number of hydrogen-bond donors (Lipinski definition) is 2. The fourth-order valence-corrected chi connectivity index (χ4v) is 2.42. The number of rotatable bonds is 4. The summed E-state index contributed by atoms with van der Waals surface area (Å²) in [7, 11) is 1.31. The fraction of sp³-hybridized carbons (Fsp3) is 0.125. The molecule has 0 spiro atoms. The van der Waals surface area contributed by atoms with Gasteiger partial charge >= 0.3 is 5.69 Å². The largest absolute Gasteiger partial charge is 0.490 e. The molecule has 9 heteroatoms. The molecule has 0 saturated heterocycles. The van der Waals surface area contributed by atoms with Gasteiger partial charge in [0, 0.05) is 22.3 Å². The molecule has 0 aliphatic rings. The number of nitro groups is 1. The molecule has 0 saturated carbocycles. The van der Waals surface area contributed by atoms with Crippen LogP contribution in [-0.4, -0.2) is 23.1 Å². The van der Waals surface area contributed by atoms with Crippen molar-refractivity contribution in [3.8, 4) is 5.75 Å². The predicted octanol–water partition coefficient (Wildman–Crippen LogP) is 3.69. The van der Waals surface area contributed by atoms with E-state index in [0.29, 0.717) is 10.7 Å². The summed E-state index contributed by atoms with van der Waals surface area (Å²) in [6.45, 7) is 1.81. The molecule has 2 N–H and O–H groups in total. The maximum Gasteiger partial charge on any atom is 0.311 e. The normalized spacial score (nSPS) is 10.0. The van der Waals surface area contributed by atoms with E-state index in [-0.39, 0.29) is 22.1 Å². The predicted molar refractivity (Wildman–Crippen MR) is 99.5 cm³/mol. The summed E-state index contributed by atoms with van der Waals surface area (Å²) in [6, 6.07) is 9.13. The Morgan fingerprint density at radius 3 is 2.68 bits per heavy atom. The van der Waals surface area contributed by atoms with Gasteiger partial charge < -0.3 is 10.1 Å². The van der Waals surface area contributed by atoms with Crippen LogP contribution in [0.4, 0.5) is 11.4 Å². The number of anilines is 1. The van der Waals surface area contributed by atoms with Gasteiger partial charge in [-0.25, -0.2) is 0 Å². The summed E-state index contributed by atoms with van der Waals surface area (Å²) in [5.41, 5.74) is 1.21. The van der Waals surface area contributed by atoms with E-state index in [4.69, 9.17) is 28.6 Å². The Bertz CT molecular complexity index is 857. The molecule has 0 aliphatic heterocycles. The van der Waals surface area contributed by atoms with Crippen molar-refractivity contribution < 1.29 is 14.5 Å². The maximum absolute atomic E-state index is 12.2. The highest BCUT2D eigenvalue weighted by atomic mass is 35.5. The average Bonchev–Trinajstić information content (AvgIpc) is 2.58. The number of halogens is 1. The number of hydrogen-bond acceptors (Lipinski definition) is 5. The molecule has 0 bridgehead atoms. The quantitative estimate of drug-likeness (QED) is 0.478. The highest BCUT2D eigenvalue weighted by Crippen LogP contribution is 2.27. The minimum atomic E-state index is -0.623. The van der Waals surface area contributed by atoms with Crippen LogP contribution in [0.25, 0.3) is 0 Å². The summed E-state index contributed by atoms with van der Waals surface area (Å²) in [4.78, 5) is 22.7. The third-order valence-electron chi connectivity index (χ3n) is 3.38. The van der Waals surface area contributed by atoms with Crippen molar-refractivity contribution >= 4 is 46.2 Å². The van der Waals surface area contributed by atoms with Crippen LogP contribution in [-0.2, 0) is 0 Å². The van der Waals surface area contributed by atoms with Crippen molar-refractivity contribution in [3.05, 3.63) is 62.7 Å². The third kappa shape index (κ3) is 4.43. The van der Waals surface area contributed by atoms with E-state index < -0.39 is 10.8 Å². The van der Waals surface area contributed by atoms with E-state index >= 15 is 0 Å². The van der Waals surface area contributed by atoms with Crippen molar-refractivity contribution in [2.75, 3.05) is 12.4 Å². The number of amides is 1. The Kier molecular flexibility index (Phi) is 5.89. The van der Waals surface area contributed by atoms with Crippen LogP contribution < -0.4 is 15.4 Å². The average molecular weight is 380 g/mol. The smallest absolute Gasteiger partial charge is 0.311 e. The first kappa shape index (κ1) is 18.6. The van der Waals surface area contributed by atoms with Gasteiger partial charge in [-0.1, -0.05) is 17.7 Å². The zero-order chi connectivity index (χ0) is 18.6. The van der Waals surface area contributed by atoms with Crippen LogP contribution in [0, 0.1) is 17.0 Å². The number of ether oxygens (including phenoxy) is 1. The molecule has 0 radical (unpaired) electrons. The topological polar surface area (TPSA) is 93.5 Å². The molecule has 0 aliphatic carbocycles. The molecule has 7 nitrogen and oxygen atoms in total. The maximum atomic E-state index is 12.2. The van der Waals surface area contributed by atoms with Gasteiger partial charge in [-0.2, -0.15) is 0 Å². The molecule has 0 heterocycles. The van der Waals surface area contributed by atoms with E-state index in [0.717, 1.165) is 11.6 Å². The Morgan fingerprint density at radius 2 is 2.04 bits per heavy atom. The first-order valence-corrected chi connectivity index (χ1v) is 7.82. The van der Waals surface area contributed by atoms with Gasteiger partial charge in [0.1, 0.15) is 0 Å². The van der Waals surface area contributed by atoms with Gasteiger partial charge in [0.15, 0.2) is 10.9 Å². The van der Waals surface area contributed by atoms with Crippen LogP contribution in [0.3, 0.4) is 0 Å². The summed E-state index contributed by atoms with van der Waals surface area (Å²) >= 11 is 11.1. The lowest BCUT2D eigenvalue weighted by Crippen LogP contribution is -2.34. The monoisotopic (exact) mass is 379 g/mol. The number of methoxy groups -OCH3 is 1. The second kappa shape index (κ2) is 7.91. The van der Waals surface area contributed by atoms with Gasteiger partial charge in [-0.3, -0.25) is 20.2 Å². The zero-order valence-corrected chi connectivity index (χ0v) is 14.9. The van der Waals surface area contributed by atoms with Crippen LogP contribution >= 0.6 is 23.8 Å². The minimum absolute atomic E-state index is 0.0498. The van der Waals surface area contributed by atoms with E-state index in [1.807, 2.05) is 6.92 Å². The lowest BCUT2D eigenvalue weighted by Gasteiger charge is -2.12. The SMILES string of the molecule is COc1ccc(C(=O)NC(=S)Nc2cccc(Cl)c2C)cc1[N+](=O)[O-]. The second-order valence-corrected chi connectivity index (χ2v) is 5.78. The van der Waals surface area contributed by atoms with Gasteiger partial charge in [-0.05, 0) is 49.0 Å². The van der Waals surface area contributed by atoms with Crippen molar-refractivity contribution in [2.24, 2.45) is 0 Å². The van der Waals surface area contributed by atoms with Crippen molar-refractivity contribution in [3.63, 3.8) is 0 Å². The summed E-state index contributed by atoms with van der Waals surface area (Å²) in [6.07, 6.45) is 0.